The fraction of sp³-hybridized carbons (Fsp3) is 0.429. The van der Waals surface area contributed by atoms with E-state index in [0.717, 1.165) is 0 Å². The lowest BCUT2D eigenvalue weighted by Crippen LogP contribution is -2.61. The second kappa shape index (κ2) is 4.66. The summed E-state index contributed by atoms with van der Waals surface area (Å²) in [5, 5.41) is 3.24. The summed E-state index contributed by atoms with van der Waals surface area (Å²) in [4.78, 5) is 5.05. The van der Waals surface area contributed by atoms with Crippen LogP contribution in [-0.4, -0.2) is 21.3 Å². The Morgan fingerprint density at radius 2 is 1.50 bits per heavy atom. The van der Waals surface area contributed by atoms with Crippen molar-refractivity contribution in [2.24, 2.45) is 0 Å². The molecular weight excluding hydrogens is 308 g/mol. The molecule has 2 aliphatic heterocycles. The third kappa shape index (κ3) is 1.61. The van der Waals surface area contributed by atoms with Crippen LogP contribution >= 0.6 is 0 Å². The molecule has 0 aliphatic carbocycles. The maximum absolute atomic E-state index is 2.62. The van der Waals surface area contributed by atoms with Gasteiger partial charge in [-0.05, 0) is 73.3 Å². The van der Waals surface area contributed by atoms with E-state index in [9.17, 15) is 0 Å². The summed E-state index contributed by atoms with van der Waals surface area (Å²) in [6.07, 6.45) is 0.366. The predicted molar refractivity (Wildman–Crippen MR) is 109 cm³/mol. The summed E-state index contributed by atoms with van der Waals surface area (Å²) < 4.78 is 0. The lowest BCUT2D eigenvalue weighted by atomic mass is 9.96. The van der Waals surface area contributed by atoms with E-state index in [4.69, 9.17) is 0 Å². The lowest BCUT2D eigenvalue weighted by Gasteiger charge is -2.43. The van der Waals surface area contributed by atoms with Crippen LogP contribution in [0.4, 0.5) is 17.1 Å². The Balaban J connectivity index is 2.19. The summed E-state index contributed by atoms with van der Waals surface area (Å²) in [7, 11) is 0.509. The first-order valence-electron chi connectivity index (χ1n) is 8.96. The number of rotatable bonds is 0. The maximum atomic E-state index is 2.62. The van der Waals surface area contributed by atoms with Crippen LogP contribution in [0.2, 0.25) is 13.1 Å². The van der Waals surface area contributed by atoms with Crippen molar-refractivity contribution in [3.63, 3.8) is 0 Å². The molecule has 24 heavy (non-hydrogen) atoms. The Morgan fingerprint density at radius 1 is 0.875 bits per heavy atom. The number of fused-ring (bicyclic) bond motifs is 2. The van der Waals surface area contributed by atoms with Crippen LogP contribution in [0.25, 0.3) is 0 Å². The van der Waals surface area contributed by atoms with E-state index in [0.29, 0.717) is 6.17 Å². The van der Waals surface area contributed by atoms with Gasteiger partial charge in [0.05, 0.1) is 11.4 Å². The molecule has 0 aromatic heterocycles. The minimum Gasteiger partial charge on any atom is -0.353 e. The Kier molecular flexibility index (Phi) is 3.06. The largest absolute Gasteiger partial charge is 0.353 e. The molecule has 1 atom stereocenters. The molecule has 2 aromatic rings. The molecule has 0 amide bonds. The van der Waals surface area contributed by atoms with Gasteiger partial charge in [-0.2, -0.15) is 0 Å². The van der Waals surface area contributed by atoms with Gasteiger partial charge in [0.15, 0.2) is 0 Å². The minimum absolute atomic E-state index is 0.366. The van der Waals surface area contributed by atoms with Crippen molar-refractivity contribution in [3.05, 3.63) is 40.5 Å². The van der Waals surface area contributed by atoms with Crippen LogP contribution in [0.3, 0.4) is 0 Å². The Bertz CT molecular complexity index is 882. The van der Waals surface area contributed by atoms with Crippen molar-refractivity contribution in [2.45, 2.75) is 53.9 Å². The molecular formula is C21H28N2Si. The van der Waals surface area contributed by atoms with Crippen molar-refractivity contribution in [1.29, 1.82) is 0 Å². The highest BCUT2D eigenvalue weighted by Gasteiger charge is 2.46. The van der Waals surface area contributed by atoms with E-state index in [2.05, 4.69) is 82.8 Å². The highest BCUT2D eigenvalue weighted by atomic mass is 28.3. The summed E-state index contributed by atoms with van der Waals surface area (Å²) in [6.45, 7) is 16.6. The van der Waals surface area contributed by atoms with Crippen molar-refractivity contribution in [1.82, 2.24) is 0 Å². The van der Waals surface area contributed by atoms with Gasteiger partial charge in [-0.3, -0.25) is 0 Å². The van der Waals surface area contributed by atoms with Gasteiger partial charge >= 0.3 is 0 Å². The fourth-order valence-electron chi connectivity index (χ4n) is 4.93. The average Bonchev–Trinajstić information content (AvgIpc) is 2.80. The standard InChI is InChI=1S/C21H28N2Si/c1-12-13(2)15(4)21-19(14(12)3)23-16(5)22(6)17-10-9-11-18(20(17)23)24(21,7)8/h9-11,16H,1-8H3/t16-/m1/s1. The molecule has 0 N–H and O–H groups in total. The first-order chi connectivity index (χ1) is 11.2. The van der Waals surface area contributed by atoms with Crippen LogP contribution in [0.15, 0.2) is 18.2 Å². The van der Waals surface area contributed by atoms with E-state index < -0.39 is 8.07 Å². The van der Waals surface area contributed by atoms with E-state index in [1.165, 1.54) is 39.3 Å². The molecule has 0 unspecified atom stereocenters. The summed E-state index contributed by atoms with van der Waals surface area (Å²) in [5.41, 5.74) is 10.3. The number of anilines is 3. The fourth-order valence-corrected chi connectivity index (χ4v) is 8.57. The van der Waals surface area contributed by atoms with Crippen molar-refractivity contribution < 1.29 is 0 Å². The molecule has 2 nitrogen and oxygen atoms in total. The van der Waals surface area contributed by atoms with Gasteiger partial charge in [-0.25, -0.2) is 0 Å². The summed E-state index contributed by atoms with van der Waals surface area (Å²) in [6, 6.07) is 6.93. The molecule has 0 fully saturated rings. The summed E-state index contributed by atoms with van der Waals surface area (Å²) >= 11 is 0. The van der Waals surface area contributed by atoms with E-state index in [1.807, 2.05) is 0 Å². The topological polar surface area (TPSA) is 6.48 Å². The molecule has 2 heterocycles. The van der Waals surface area contributed by atoms with Crippen LogP contribution in [0.5, 0.6) is 0 Å². The predicted octanol–water partition coefficient (Wildman–Crippen LogP) is 3.99. The SMILES string of the molecule is Cc1c(C)c(C)c2c(c1C)N1c3c(cccc3[Si]2(C)C)N(C)[C@H]1C. The second-order valence-corrected chi connectivity index (χ2v) is 12.4. The van der Waals surface area contributed by atoms with Crippen LogP contribution < -0.4 is 20.2 Å². The highest BCUT2D eigenvalue weighted by molar-refractivity contribution is 7.03. The molecule has 0 saturated carbocycles. The minimum atomic E-state index is -1.72. The third-order valence-corrected chi connectivity index (χ3v) is 10.4. The van der Waals surface area contributed by atoms with Crippen molar-refractivity contribution >= 4 is 35.5 Å². The van der Waals surface area contributed by atoms with Gasteiger partial charge in [-0.1, -0.05) is 25.2 Å². The van der Waals surface area contributed by atoms with Crippen LogP contribution in [-0.2, 0) is 0 Å². The monoisotopic (exact) mass is 336 g/mol. The lowest BCUT2D eigenvalue weighted by molar-refractivity contribution is 0.733. The number of hydrogen-bond donors (Lipinski definition) is 0. The molecule has 0 radical (unpaired) electrons. The summed E-state index contributed by atoms with van der Waals surface area (Å²) in [5.74, 6) is 0. The van der Waals surface area contributed by atoms with Crippen LogP contribution in [0.1, 0.15) is 29.2 Å². The zero-order valence-corrected chi connectivity index (χ0v) is 17.2. The zero-order valence-electron chi connectivity index (χ0n) is 16.2. The van der Waals surface area contributed by atoms with E-state index in [1.54, 1.807) is 10.4 Å². The normalized spacial score (nSPS) is 20.2. The van der Waals surface area contributed by atoms with Gasteiger partial charge in [0.2, 0.25) is 0 Å². The molecule has 2 aromatic carbocycles. The molecule has 2 aliphatic rings. The molecule has 126 valence electrons. The van der Waals surface area contributed by atoms with Gasteiger partial charge in [0, 0.05) is 12.7 Å². The number of benzene rings is 2. The molecule has 0 saturated heterocycles. The molecule has 3 heteroatoms. The van der Waals surface area contributed by atoms with Crippen molar-refractivity contribution in [2.75, 3.05) is 16.8 Å². The van der Waals surface area contributed by atoms with E-state index >= 15 is 0 Å². The van der Waals surface area contributed by atoms with E-state index in [-0.39, 0.29) is 0 Å². The van der Waals surface area contributed by atoms with Crippen molar-refractivity contribution in [3.8, 4) is 0 Å². The van der Waals surface area contributed by atoms with Gasteiger partial charge in [-0.15, -0.1) is 0 Å². The Hall–Kier alpha value is -1.74. The first kappa shape index (κ1) is 15.8. The van der Waals surface area contributed by atoms with Gasteiger partial charge < -0.3 is 9.80 Å². The molecule has 0 bridgehead atoms. The number of nitrogens with zero attached hydrogens (tertiary/aromatic N) is 2. The second-order valence-electron chi connectivity index (χ2n) is 8.13. The zero-order chi connectivity index (χ0) is 17.5. The number of para-hydroxylation sites is 1. The average molecular weight is 337 g/mol. The molecule has 4 rings (SSSR count). The molecule has 0 spiro atoms. The smallest absolute Gasteiger partial charge is 0.118 e. The van der Waals surface area contributed by atoms with Gasteiger partial charge in [0.25, 0.3) is 0 Å². The maximum Gasteiger partial charge on any atom is 0.118 e. The quantitative estimate of drug-likeness (QED) is 0.671. The highest BCUT2D eigenvalue weighted by Crippen LogP contribution is 2.47. The van der Waals surface area contributed by atoms with Crippen LogP contribution in [0, 0.1) is 27.7 Å². The third-order valence-electron chi connectivity index (χ3n) is 6.76. The first-order valence-corrected chi connectivity index (χ1v) is 12.0. The Morgan fingerprint density at radius 3 is 2.17 bits per heavy atom. The van der Waals surface area contributed by atoms with Gasteiger partial charge in [0.1, 0.15) is 14.2 Å². The Labute approximate surface area is 147 Å². The number of hydrogen-bond acceptors (Lipinski definition) is 2.